The van der Waals surface area contributed by atoms with Crippen molar-refractivity contribution in [3.8, 4) is 0 Å². The molecule has 20 nitrogen and oxygen atoms in total. The van der Waals surface area contributed by atoms with Gasteiger partial charge >= 0.3 is 5.69 Å². The summed E-state index contributed by atoms with van der Waals surface area (Å²) in [6.45, 7) is -6.43. The summed E-state index contributed by atoms with van der Waals surface area (Å²) in [5, 5.41) is 0. The summed E-state index contributed by atoms with van der Waals surface area (Å²) < 4.78 is 77.2. The first-order valence-corrected chi connectivity index (χ1v) is 16.0. The minimum absolute atomic E-state index is 0. The molecule has 0 spiro atoms. The molecule has 3 aromatic heterocycles. The summed E-state index contributed by atoms with van der Waals surface area (Å²) in [5.74, 6) is -0.00789. The monoisotopic (exact) mass is 689 g/mol. The number of rotatable bonds is 2. The fourth-order valence-corrected chi connectivity index (χ4v) is 7.09. The number of ether oxygens (including phenoxy) is 2. The fourth-order valence-electron chi connectivity index (χ4n) is 4.73. The van der Waals surface area contributed by atoms with Crippen LogP contribution in [0.3, 0.4) is 0 Å². The number of nitrogens with one attached hydrogen (secondary N) is 1. The second-order valence-electron chi connectivity index (χ2n) is 9.25. The quantitative estimate of drug-likeness (QED) is 0.236. The highest BCUT2D eigenvalue weighted by atomic mass is 32.5. The molecule has 11 N–H and O–H groups in total. The molecule has 0 aliphatic carbocycles. The number of phosphoric ester groups is 1. The Morgan fingerprint density at radius 2 is 1.59 bits per heavy atom. The zero-order valence-electron chi connectivity index (χ0n) is 22.7. The Kier molecular flexibility index (Phi) is 9.84. The zero-order valence-corrected chi connectivity index (χ0v) is 25.3. The zero-order chi connectivity index (χ0) is 30.0. The summed E-state index contributed by atoms with van der Waals surface area (Å²) in [6.07, 6.45) is -11.7. The van der Waals surface area contributed by atoms with Gasteiger partial charge in [0.2, 0.25) is 0 Å². The molecule has 3 saturated heterocycles. The molecule has 25 heteroatoms. The molecule has 244 valence electrons. The van der Waals surface area contributed by atoms with Gasteiger partial charge in [-0.3, -0.25) is 23.5 Å². The molecule has 0 bridgehead atoms. The SMILES string of the molecule is Nc1ncnc2c1ncn2[C@@H]1O[C@@H]2COP([O-])(=S)O[C@H]3[C@@H](F)[C@H](n4ccc(=O)[nH]c4=O)O[C@@H]3COP(=O)([O-])O[C@H]2[C@H]1F.[NH4+].[NH4+]. The van der Waals surface area contributed by atoms with E-state index in [2.05, 4.69) is 15.0 Å². The van der Waals surface area contributed by atoms with Gasteiger partial charge in [-0.15, -0.1) is 0 Å². The van der Waals surface area contributed by atoms with E-state index >= 15 is 8.78 Å². The van der Waals surface area contributed by atoms with Crippen LogP contribution in [0.15, 0.2) is 34.5 Å². The summed E-state index contributed by atoms with van der Waals surface area (Å²) in [6, 6.07) is 0.911. The van der Waals surface area contributed by atoms with Gasteiger partial charge in [0.1, 0.15) is 43.0 Å². The standard InChI is InChI=1S/C19H21F2N7O11P2S.2H3N/c20-10-13-8(37-18(10)28-6-25-12-15(22)23-5-24-16(12)28)4-35-41(33,42)39-14-7(3-34-40(31,32)38-13)36-17(11(14)21)27-2-1-9(29)26-19(27)30;;/h1-2,5-8,10-11,13-14,17-18H,3-4H2,(H,31,32)(H,33,42)(H2,22,23,24)(H,26,29,30);2*1H3/t7-,8-,10-,11-,13-,14-,17-,18-,41?;;/m1../s1. The maximum Gasteiger partial charge on any atom is 0.330 e. The second kappa shape index (κ2) is 12.6. The van der Waals surface area contributed by atoms with Crippen molar-refractivity contribution in [2.75, 3.05) is 18.9 Å². The molecule has 2 unspecified atom stereocenters. The number of fused-ring (bicyclic) bond motifs is 3. The van der Waals surface area contributed by atoms with Crippen LogP contribution in [0.5, 0.6) is 0 Å². The van der Waals surface area contributed by atoms with E-state index in [1.54, 1.807) is 0 Å². The molecule has 3 fully saturated rings. The topological polar surface area (TPSA) is 316 Å². The van der Waals surface area contributed by atoms with Crippen molar-refractivity contribution in [2.45, 2.75) is 49.2 Å². The van der Waals surface area contributed by atoms with Gasteiger partial charge in [-0.25, -0.2) is 28.5 Å². The number of alkyl halides is 2. The van der Waals surface area contributed by atoms with Crippen molar-refractivity contribution in [3.63, 3.8) is 0 Å². The Labute approximate surface area is 249 Å². The van der Waals surface area contributed by atoms with Gasteiger partial charge in [0.05, 0.1) is 19.5 Å². The van der Waals surface area contributed by atoms with E-state index in [-0.39, 0.29) is 29.3 Å². The minimum atomic E-state index is -5.38. The number of hydrogen-bond acceptors (Lipinski definition) is 16. The smallest absolute Gasteiger partial charge is 0.330 e. The van der Waals surface area contributed by atoms with Gasteiger partial charge in [-0.2, -0.15) is 0 Å². The summed E-state index contributed by atoms with van der Waals surface area (Å²) >= 11 is 4.90. The van der Waals surface area contributed by atoms with Crippen LogP contribution in [0, 0.1) is 0 Å². The Morgan fingerprint density at radius 1 is 0.977 bits per heavy atom. The minimum Gasteiger partial charge on any atom is -0.780 e. The molecule has 10 atom stereocenters. The van der Waals surface area contributed by atoms with E-state index in [0.717, 1.165) is 29.5 Å². The maximum atomic E-state index is 15.7. The lowest BCUT2D eigenvalue weighted by molar-refractivity contribution is -0.238. The van der Waals surface area contributed by atoms with Gasteiger partial charge in [0.15, 0.2) is 36.3 Å². The first-order chi connectivity index (χ1) is 19.8. The Morgan fingerprint density at radius 3 is 2.25 bits per heavy atom. The predicted molar refractivity (Wildman–Crippen MR) is 144 cm³/mol. The predicted octanol–water partition coefficient (Wildman–Crippen LogP) is -0.947. The van der Waals surface area contributed by atoms with E-state index in [0.29, 0.717) is 4.57 Å². The molecule has 3 aromatic rings. The number of nitrogen functional groups attached to an aromatic ring is 1. The number of imidazole rings is 1. The van der Waals surface area contributed by atoms with Crippen molar-refractivity contribution in [2.24, 2.45) is 0 Å². The third-order valence-electron chi connectivity index (χ3n) is 6.62. The molecule has 0 amide bonds. The summed E-state index contributed by atoms with van der Waals surface area (Å²) in [5.41, 5.74) is 4.11. The molecule has 0 saturated carbocycles. The lowest BCUT2D eigenvalue weighted by Gasteiger charge is -2.36. The largest absolute Gasteiger partial charge is 0.780 e. The number of nitrogens with zero attached hydrogens (tertiary/aromatic N) is 5. The lowest BCUT2D eigenvalue weighted by atomic mass is 10.1. The third kappa shape index (κ3) is 6.37. The van der Waals surface area contributed by atoms with E-state index in [9.17, 15) is 23.9 Å². The number of nitrogens with two attached hydrogens (primary N) is 1. The Balaban J connectivity index is 0.00000221. The fraction of sp³-hybridized carbons (Fsp3) is 0.526. The van der Waals surface area contributed by atoms with Crippen molar-refractivity contribution in [1.29, 1.82) is 0 Å². The normalized spacial score (nSPS) is 37.5. The van der Waals surface area contributed by atoms with Crippen molar-refractivity contribution >= 4 is 43.3 Å². The van der Waals surface area contributed by atoms with Crippen molar-refractivity contribution in [3.05, 3.63) is 45.8 Å². The number of halogens is 2. The number of aromatic nitrogens is 6. The van der Waals surface area contributed by atoms with Crippen molar-refractivity contribution < 1.29 is 50.7 Å². The van der Waals surface area contributed by atoms with Crippen LogP contribution in [-0.2, 0) is 43.9 Å². The molecule has 3 aliphatic heterocycles. The highest BCUT2D eigenvalue weighted by molar-refractivity contribution is 8.06. The molecule has 0 aromatic carbocycles. The molecule has 44 heavy (non-hydrogen) atoms. The van der Waals surface area contributed by atoms with E-state index < -0.39 is 88.2 Å². The van der Waals surface area contributed by atoms with Crippen LogP contribution in [0.2, 0.25) is 0 Å². The first-order valence-electron chi connectivity index (χ1n) is 11.9. The molecule has 3 aliphatic rings. The molecular weight excluding hydrogens is 662 g/mol. The average Bonchev–Trinajstić information content (AvgIpc) is 3.57. The Bertz CT molecular complexity index is 1730. The number of anilines is 1. The number of H-pyrrole nitrogens is 1. The number of aromatic amines is 1. The van der Waals surface area contributed by atoms with Gasteiger partial charge in [-0.05, 0) is 0 Å². The average molecular weight is 689 g/mol. The Hall–Kier alpha value is -2.63. The number of quaternary nitrogens is 2. The van der Waals surface area contributed by atoms with Crippen LogP contribution in [0.4, 0.5) is 14.6 Å². The highest BCUT2D eigenvalue weighted by Crippen LogP contribution is 2.51. The van der Waals surface area contributed by atoms with Gasteiger partial charge < -0.3 is 55.4 Å². The van der Waals surface area contributed by atoms with E-state index in [1.165, 1.54) is 0 Å². The van der Waals surface area contributed by atoms with Gasteiger partial charge in [0.25, 0.3) is 13.4 Å². The summed E-state index contributed by atoms with van der Waals surface area (Å²) in [4.78, 5) is 63.1. The van der Waals surface area contributed by atoms with Crippen LogP contribution in [-0.4, -0.2) is 79.0 Å². The molecule has 6 heterocycles. The molecule has 0 radical (unpaired) electrons. The number of hydrogen-bond donors (Lipinski definition) is 4. The lowest BCUT2D eigenvalue weighted by Crippen LogP contribution is -2.39. The van der Waals surface area contributed by atoms with E-state index in [1.807, 2.05) is 4.98 Å². The number of phosphoric acid groups is 1. The first kappa shape index (κ1) is 34.2. The molecular formula is C19H27F2N9O11P2S. The third-order valence-corrected chi connectivity index (χ3v) is 9.12. The van der Waals surface area contributed by atoms with Crippen LogP contribution in [0.25, 0.3) is 11.2 Å². The maximum absolute atomic E-state index is 15.7. The molecule has 6 rings (SSSR count). The summed E-state index contributed by atoms with van der Waals surface area (Å²) in [7, 11) is -5.38. The van der Waals surface area contributed by atoms with E-state index in [4.69, 9.17) is 45.1 Å². The van der Waals surface area contributed by atoms with Crippen LogP contribution in [0.1, 0.15) is 12.5 Å². The highest BCUT2D eigenvalue weighted by Gasteiger charge is 2.52. The second-order valence-corrected chi connectivity index (χ2v) is 13.3. The van der Waals surface area contributed by atoms with Gasteiger partial charge in [0, 0.05) is 12.3 Å². The van der Waals surface area contributed by atoms with Crippen LogP contribution >= 0.6 is 14.5 Å². The van der Waals surface area contributed by atoms with Crippen molar-refractivity contribution in [1.82, 2.24) is 41.4 Å². The van der Waals surface area contributed by atoms with Crippen LogP contribution < -0.4 is 39.1 Å². The van der Waals surface area contributed by atoms with Gasteiger partial charge in [-0.1, -0.05) is 11.8 Å².